The summed E-state index contributed by atoms with van der Waals surface area (Å²) in [4.78, 5) is 52.5. The molecule has 0 aliphatic carbocycles. The van der Waals surface area contributed by atoms with Crippen molar-refractivity contribution in [2.24, 2.45) is 5.92 Å². The van der Waals surface area contributed by atoms with Crippen LogP contribution in [0.2, 0.25) is 0 Å². The fourth-order valence-corrected chi connectivity index (χ4v) is 3.25. The number of hydrogen-bond donors (Lipinski definition) is 0. The molecule has 2 saturated heterocycles. The first-order valence-corrected chi connectivity index (χ1v) is 8.46. The van der Waals surface area contributed by atoms with Crippen LogP contribution in [0.25, 0.3) is 0 Å². The Morgan fingerprint density at radius 1 is 1.08 bits per heavy atom. The van der Waals surface area contributed by atoms with E-state index in [0.29, 0.717) is 19.0 Å². The normalized spacial score (nSPS) is 21.2. The third-order valence-corrected chi connectivity index (χ3v) is 4.62. The van der Waals surface area contributed by atoms with Crippen LogP contribution in [0.15, 0.2) is 30.3 Å². The predicted octanol–water partition coefficient (Wildman–Crippen LogP) is 1.24. The molecule has 1 aromatic carbocycles. The minimum atomic E-state index is -0.931. The van der Waals surface area contributed by atoms with Crippen molar-refractivity contribution in [2.75, 3.05) is 19.6 Å². The molecule has 25 heavy (non-hydrogen) atoms. The molecule has 5 amide bonds. The summed E-state index contributed by atoms with van der Waals surface area (Å²) in [5.74, 6) is -1.70. The first-order chi connectivity index (χ1) is 12.0. The van der Waals surface area contributed by atoms with E-state index in [1.807, 2.05) is 6.07 Å². The second-order valence-corrected chi connectivity index (χ2v) is 6.64. The zero-order valence-corrected chi connectivity index (χ0v) is 14.2. The molecule has 0 unspecified atom stereocenters. The Morgan fingerprint density at radius 3 is 2.44 bits per heavy atom. The first kappa shape index (κ1) is 17.1. The quantitative estimate of drug-likeness (QED) is 0.609. The summed E-state index contributed by atoms with van der Waals surface area (Å²) in [5, 5.41) is 0. The van der Waals surface area contributed by atoms with Crippen LogP contribution in [0.5, 0.6) is 0 Å². The van der Waals surface area contributed by atoms with E-state index in [1.165, 1.54) is 0 Å². The van der Waals surface area contributed by atoms with Crippen molar-refractivity contribution >= 4 is 23.8 Å². The molecule has 132 valence electrons. The van der Waals surface area contributed by atoms with Gasteiger partial charge in [-0.15, -0.1) is 0 Å². The lowest BCUT2D eigenvalue weighted by atomic mass is 10.0. The predicted molar refractivity (Wildman–Crippen MR) is 89.1 cm³/mol. The molecule has 0 saturated carbocycles. The summed E-state index contributed by atoms with van der Waals surface area (Å²) in [6.07, 6.45) is 1.97. The summed E-state index contributed by atoms with van der Waals surface area (Å²) in [6, 6.07) is 8.23. The molecule has 3 rings (SSSR count). The molecule has 7 nitrogen and oxygen atoms in total. The third kappa shape index (κ3) is 3.55. The number of nitrogens with zero attached hydrogens (tertiary/aromatic N) is 3. The molecule has 2 heterocycles. The van der Waals surface area contributed by atoms with Gasteiger partial charge in [-0.3, -0.25) is 19.3 Å². The van der Waals surface area contributed by atoms with Crippen molar-refractivity contribution in [2.45, 2.75) is 26.3 Å². The lowest BCUT2D eigenvalue weighted by Gasteiger charge is -2.31. The standard InChI is InChI=1S/C18H21N3O4/c1-13-6-5-9-19(10-13)15(22)12-21-17(24)16(23)20(18(21)25)11-14-7-3-2-4-8-14/h2-4,7-8,13H,5-6,9-12H2,1H3/t13-/m0/s1. The van der Waals surface area contributed by atoms with E-state index < -0.39 is 17.8 Å². The number of urea groups is 1. The second kappa shape index (κ2) is 7.04. The Labute approximate surface area is 146 Å². The van der Waals surface area contributed by atoms with Gasteiger partial charge >= 0.3 is 17.8 Å². The average Bonchev–Trinajstić information content (AvgIpc) is 2.80. The molecule has 0 N–H and O–H groups in total. The van der Waals surface area contributed by atoms with Crippen molar-refractivity contribution in [3.63, 3.8) is 0 Å². The van der Waals surface area contributed by atoms with Crippen molar-refractivity contribution in [1.82, 2.24) is 14.7 Å². The van der Waals surface area contributed by atoms with Gasteiger partial charge in [-0.2, -0.15) is 0 Å². The fraction of sp³-hybridized carbons (Fsp3) is 0.444. The molecule has 0 aromatic heterocycles. The Balaban J connectivity index is 1.68. The minimum absolute atomic E-state index is 0.0235. The average molecular weight is 343 g/mol. The highest BCUT2D eigenvalue weighted by molar-refractivity contribution is 6.44. The molecule has 2 aliphatic heterocycles. The first-order valence-electron chi connectivity index (χ1n) is 8.46. The van der Waals surface area contributed by atoms with Crippen LogP contribution in [-0.2, 0) is 20.9 Å². The van der Waals surface area contributed by atoms with Gasteiger partial charge in [0.15, 0.2) is 0 Å². The van der Waals surface area contributed by atoms with Crippen LogP contribution in [0.4, 0.5) is 4.79 Å². The van der Waals surface area contributed by atoms with Crippen LogP contribution >= 0.6 is 0 Å². The number of carbonyl (C=O) groups is 4. The van der Waals surface area contributed by atoms with Gasteiger partial charge in [0, 0.05) is 13.1 Å². The lowest BCUT2D eigenvalue weighted by molar-refractivity contribution is -0.145. The van der Waals surface area contributed by atoms with Gasteiger partial charge in [-0.25, -0.2) is 9.69 Å². The number of benzene rings is 1. The number of piperidine rings is 1. The Bertz CT molecular complexity index is 704. The zero-order valence-electron chi connectivity index (χ0n) is 14.2. The second-order valence-electron chi connectivity index (χ2n) is 6.64. The zero-order chi connectivity index (χ0) is 18.0. The summed E-state index contributed by atoms with van der Waals surface area (Å²) >= 11 is 0. The van der Waals surface area contributed by atoms with E-state index in [1.54, 1.807) is 29.2 Å². The molecule has 0 bridgehead atoms. The van der Waals surface area contributed by atoms with Crippen molar-refractivity contribution < 1.29 is 19.2 Å². The summed E-state index contributed by atoms with van der Waals surface area (Å²) in [7, 11) is 0. The Kier molecular flexibility index (Phi) is 4.83. The fourth-order valence-electron chi connectivity index (χ4n) is 3.25. The van der Waals surface area contributed by atoms with Gasteiger partial charge in [0.2, 0.25) is 5.91 Å². The summed E-state index contributed by atoms with van der Waals surface area (Å²) in [5.41, 5.74) is 0.745. The van der Waals surface area contributed by atoms with Gasteiger partial charge in [-0.1, -0.05) is 37.3 Å². The highest BCUT2D eigenvalue weighted by atomic mass is 16.2. The molecule has 2 fully saturated rings. The van der Waals surface area contributed by atoms with Gasteiger partial charge in [0.25, 0.3) is 0 Å². The van der Waals surface area contributed by atoms with Crippen molar-refractivity contribution in [3.8, 4) is 0 Å². The van der Waals surface area contributed by atoms with Gasteiger partial charge in [0.1, 0.15) is 6.54 Å². The highest BCUT2D eigenvalue weighted by Crippen LogP contribution is 2.19. The number of rotatable bonds is 4. The third-order valence-electron chi connectivity index (χ3n) is 4.62. The lowest BCUT2D eigenvalue weighted by Crippen LogP contribution is -2.46. The molecular formula is C18H21N3O4. The largest absolute Gasteiger partial charge is 0.341 e. The molecule has 0 spiro atoms. The smallest absolute Gasteiger partial charge is 0.335 e. The number of carbonyl (C=O) groups excluding carboxylic acids is 4. The van der Waals surface area contributed by atoms with Crippen LogP contribution in [0.1, 0.15) is 25.3 Å². The summed E-state index contributed by atoms with van der Waals surface area (Å²) < 4.78 is 0. The van der Waals surface area contributed by atoms with E-state index in [0.717, 1.165) is 28.2 Å². The van der Waals surface area contributed by atoms with Crippen LogP contribution < -0.4 is 0 Å². The van der Waals surface area contributed by atoms with E-state index in [2.05, 4.69) is 6.92 Å². The Morgan fingerprint density at radius 2 is 1.76 bits per heavy atom. The van der Waals surface area contributed by atoms with E-state index in [9.17, 15) is 19.2 Å². The molecule has 1 atom stereocenters. The number of amides is 5. The molecule has 1 aromatic rings. The molecule has 0 radical (unpaired) electrons. The summed E-state index contributed by atoms with van der Waals surface area (Å²) in [6.45, 7) is 2.96. The Hall–Kier alpha value is -2.70. The van der Waals surface area contributed by atoms with Crippen LogP contribution in [0, 0.1) is 5.92 Å². The number of hydrogen-bond acceptors (Lipinski definition) is 4. The monoisotopic (exact) mass is 343 g/mol. The maximum atomic E-state index is 12.5. The highest BCUT2D eigenvalue weighted by Gasteiger charge is 2.45. The maximum Gasteiger partial charge on any atom is 0.335 e. The maximum absolute atomic E-state index is 12.5. The topological polar surface area (TPSA) is 78.0 Å². The molecule has 7 heteroatoms. The molecular weight excluding hydrogens is 322 g/mol. The minimum Gasteiger partial charge on any atom is -0.341 e. The number of likely N-dealkylation sites (tertiary alicyclic amines) is 1. The number of imide groups is 2. The van der Waals surface area contributed by atoms with E-state index in [-0.39, 0.29) is 19.0 Å². The van der Waals surface area contributed by atoms with Gasteiger partial charge < -0.3 is 4.90 Å². The van der Waals surface area contributed by atoms with Gasteiger partial charge in [-0.05, 0) is 24.3 Å². The van der Waals surface area contributed by atoms with Gasteiger partial charge in [0.05, 0.1) is 6.54 Å². The molecule has 2 aliphatic rings. The van der Waals surface area contributed by atoms with E-state index >= 15 is 0 Å². The van der Waals surface area contributed by atoms with E-state index in [4.69, 9.17) is 0 Å². The SMILES string of the molecule is C[C@H]1CCCN(C(=O)CN2C(=O)C(=O)N(Cc3ccccc3)C2=O)C1. The van der Waals surface area contributed by atoms with Crippen molar-refractivity contribution in [3.05, 3.63) is 35.9 Å². The van der Waals surface area contributed by atoms with Crippen molar-refractivity contribution in [1.29, 1.82) is 0 Å². The van der Waals surface area contributed by atoms with Crippen LogP contribution in [0.3, 0.4) is 0 Å². The van der Waals surface area contributed by atoms with Crippen LogP contribution in [-0.4, -0.2) is 58.1 Å².